The Kier molecular flexibility index (Phi) is 8.73. The van der Waals surface area contributed by atoms with Crippen molar-refractivity contribution in [2.24, 2.45) is 5.10 Å². The van der Waals surface area contributed by atoms with Gasteiger partial charge >= 0.3 is 0 Å². The van der Waals surface area contributed by atoms with Crippen molar-refractivity contribution < 1.29 is 9.59 Å². The number of benzene rings is 3. The van der Waals surface area contributed by atoms with E-state index in [0.717, 1.165) is 11.1 Å². The highest BCUT2D eigenvalue weighted by molar-refractivity contribution is 7.99. The number of thioether (sulfide) groups is 1. The number of anilines is 1. The number of nitrogens with zero attached hydrogens (tertiary/aromatic N) is 1. The summed E-state index contributed by atoms with van der Waals surface area (Å²) < 4.78 is 0. The van der Waals surface area contributed by atoms with E-state index in [1.54, 1.807) is 43.3 Å². The number of rotatable bonds is 8. The zero-order chi connectivity index (χ0) is 22.9. The van der Waals surface area contributed by atoms with Crippen molar-refractivity contribution in [1.82, 2.24) is 5.43 Å². The molecule has 0 bridgehead atoms. The van der Waals surface area contributed by atoms with Crippen LogP contribution >= 0.6 is 35.0 Å². The van der Waals surface area contributed by atoms with Crippen LogP contribution in [0.3, 0.4) is 0 Å². The van der Waals surface area contributed by atoms with Crippen LogP contribution in [0.25, 0.3) is 0 Å². The summed E-state index contributed by atoms with van der Waals surface area (Å²) in [6.07, 6.45) is 0. The second-order valence-corrected chi connectivity index (χ2v) is 8.69. The number of halogens is 2. The molecular formula is C24H21Cl2N3O2S. The lowest BCUT2D eigenvalue weighted by atomic mass is 10.1. The zero-order valence-corrected chi connectivity index (χ0v) is 19.6. The Morgan fingerprint density at radius 3 is 2.47 bits per heavy atom. The predicted octanol–water partition coefficient (Wildman–Crippen LogP) is 6.02. The molecular weight excluding hydrogens is 465 g/mol. The van der Waals surface area contributed by atoms with Crippen LogP contribution in [0, 0.1) is 0 Å². The fourth-order valence-corrected chi connectivity index (χ4v) is 4.06. The lowest BCUT2D eigenvalue weighted by Crippen LogP contribution is -2.21. The molecule has 0 heterocycles. The van der Waals surface area contributed by atoms with Gasteiger partial charge in [0.15, 0.2) is 0 Å². The minimum Gasteiger partial charge on any atom is -0.322 e. The fraction of sp³-hybridized carbons (Fsp3) is 0.125. The topological polar surface area (TPSA) is 70.6 Å². The Labute approximate surface area is 201 Å². The van der Waals surface area contributed by atoms with Gasteiger partial charge in [-0.05, 0) is 54.4 Å². The maximum atomic E-state index is 12.4. The molecule has 0 saturated carbocycles. The van der Waals surface area contributed by atoms with Crippen molar-refractivity contribution in [2.45, 2.75) is 12.7 Å². The third-order valence-corrected chi connectivity index (χ3v) is 6.01. The first kappa shape index (κ1) is 23.9. The number of nitrogens with one attached hydrogen (secondary N) is 2. The number of amides is 2. The molecule has 0 aromatic heterocycles. The van der Waals surface area contributed by atoms with Crippen LogP contribution in [0.2, 0.25) is 10.0 Å². The van der Waals surface area contributed by atoms with Crippen molar-refractivity contribution in [2.75, 3.05) is 11.1 Å². The molecule has 0 aliphatic rings. The van der Waals surface area contributed by atoms with E-state index < -0.39 is 0 Å². The number of hydrazone groups is 1. The van der Waals surface area contributed by atoms with E-state index in [1.165, 1.54) is 11.8 Å². The molecule has 164 valence electrons. The minimum absolute atomic E-state index is 0.202. The normalized spacial score (nSPS) is 11.2. The first-order valence-electron chi connectivity index (χ1n) is 9.74. The standard InChI is InChI=1S/C24H21Cl2N3O2S/c1-16(28-29-23(30)15-32-14-19-6-2-3-11-22(19)26)17-7-5-10-21(13-17)27-24(31)18-8-4-9-20(25)12-18/h2-13H,14-15H2,1H3,(H,27,31)(H,29,30). The highest BCUT2D eigenvalue weighted by atomic mass is 35.5. The molecule has 8 heteroatoms. The molecule has 0 aliphatic heterocycles. The van der Waals surface area contributed by atoms with Crippen LogP contribution in [0.5, 0.6) is 0 Å². The molecule has 0 atom stereocenters. The molecule has 0 spiro atoms. The van der Waals surface area contributed by atoms with Crippen LogP contribution in [0.15, 0.2) is 77.9 Å². The summed E-state index contributed by atoms with van der Waals surface area (Å²) in [5.74, 6) is 0.442. The van der Waals surface area contributed by atoms with Crippen LogP contribution in [0.1, 0.15) is 28.4 Å². The molecule has 32 heavy (non-hydrogen) atoms. The maximum Gasteiger partial charge on any atom is 0.255 e. The Hall–Kier alpha value is -2.80. The van der Waals surface area contributed by atoms with Crippen LogP contribution in [-0.2, 0) is 10.5 Å². The smallest absolute Gasteiger partial charge is 0.255 e. The molecule has 2 amide bonds. The number of hydrogen-bond acceptors (Lipinski definition) is 4. The first-order valence-corrected chi connectivity index (χ1v) is 11.6. The van der Waals surface area contributed by atoms with E-state index in [2.05, 4.69) is 15.8 Å². The summed E-state index contributed by atoms with van der Waals surface area (Å²) in [5, 5.41) is 8.20. The predicted molar refractivity (Wildman–Crippen MR) is 134 cm³/mol. The average Bonchev–Trinajstić information content (AvgIpc) is 2.79. The Bertz CT molecular complexity index is 1150. The zero-order valence-electron chi connectivity index (χ0n) is 17.3. The summed E-state index contributed by atoms with van der Waals surface area (Å²) in [5.41, 5.74) is 6.03. The third kappa shape index (κ3) is 7.12. The molecule has 0 radical (unpaired) electrons. The van der Waals surface area contributed by atoms with E-state index in [-0.39, 0.29) is 17.6 Å². The van der Waals surface area contributed by atoms with Crippen molar-refractivity contribution >= 4 is 58.2 Å². The Morgan fingerprint density at radius 2 is 1.69 bits per heavy atom. The van der Waals surface area contributed by atoms with Gasteiger partial charge in [-0.1, -0.05) is 59.6 Å². The number of carbonyl (C=O) groups is 2. The molecule has 0 aliphatic carbocycles. The van der Waals surface area contributed by atoms with E-state index in [1.807, 2.05) is 36.4 Å². The highest BCUT2D eigenvalue weighted by Crippen LogP contribution is 2.20. The number of carbonyl (C=O) groups excluding carboxylic acids is 2. The molecule has 5 nitrogen and oxygen atoms in total. The van der Waals surface area contributed by atoms with Gasteiger partial charge in [-0.25, -0.2) is 5.43 Å². The van der Waals surface area contributed by atoms with E-state index in [9.17, 15) is 9.59 Å². The second kappa shape index (κ2) is 11.7. The van der Waals surface area contributed by atoms with Gasteiger partial charge in [0.2, 0.25) is 5.91 Å². The van der Waals surface area contributed by atoms with Crippen molar-refractivity contribution in [3.8, 4) is 0 Å². The van der Waals surface area contributed by atoms with Gasteiger partial charge in [-0.2, -0.15) is 5.10 Å². The monoisotopic (exact) mass is 485 g/mol. The summed E-state index contributed by atoms with van der Waals surface area (Å²) in [4.78, 5) is 24.5. The van der Waals surface area contributed by atoms with Crippen molar-refractivity contribution in [1.29, 1.82) is 0 Å². The molecule has 3 rings (SSSR count). The molecule has 0 unspecified atom stereocenters. The molecule has 3 aromatic carbocycles. The third-order valence-electron chi connectivity index (χ3n) is 4.42. The lowest BCUT2D eigenvalue weighted by Gasteiger charge is -2.08. The SMILES string of the molecule is CC(=NNC(=O)CSCc1ccccc1Cl)c1cccc(NC(=O)c2cccc(Cl)c2)c1. The maximum absolute atomic E-state index is 12.4. The van der Waals surface area contributed by atoms with Crippen LogP contribution in [0.4, 0.5) is 5.69 Å². The Balaban J connectivity index is 1.54. The molecule has 3 aromatic rings. The van der Waals surface area contributed by atoms with Gasteiger partial charge < -0.3 is 5.32 Å². The van der Waals surface area contributed by atoms with Gasteiger partial charge in [0, 0.05) is 27.0 Å². The van der Waals surface area contributed by atoms with Crippen molar-refractivity contribution in [3.05, 3.63) is 99.5 Å². The molecule has 2 N–H and O–H groups in total. The summed E-state index contributed by atoms with van der Waals surface area (Å²) in [6.45, 7) is 1.79. The quantitative estimate of drug-likeness (QED) is 0.302. The summed E-state index contributed by atoms with van der Waals surface area (Å²) in [6, 6.07) is 21.5. The van der Waals surface area contributed by atoms with Crippen LogP contribution < -0.4 is 10.7 Å². The van der Waals surface area contributed by atoms with E-state index in [0.29, 0.717) is 32.8 Å². The van der Waals surface area contributed by atoms with Gasteiger partial charge in [-0.3, -0.25) is 9.59 Å². The Morgan fingerprint density at radius 1 is 0.938 bits per heavy atom. The second-order valence-electron chi connectivity index (χ2n) is 6.86. The van der Waals surface area contributed by atoms with Gasteiger partial charge in [-0.15, -0.1) is 11.8 Å². The lowest BCUT2D eigenvalue weighted by molar-refractivity contribution is -0.118. The van der Waals surface area contributed by atoms with E-state index >= 15 is 0 Å². The highest BCUT2D eigenvalue weighted by Gasteiger charge is 2.08. The van der Waals surface area contributed by atoms with Crippen LogP contribution in [-0.4, -0.2) is 23.3 Å². The van der Waals surface area contributed by atoms with Gasteiger partial charge in [0.1, 0.15) is 0 Å². The minimum atomic E-state index is -0.261. The van der Waals surface area contributed by atoms with Crippen molar-refractivity contribution in [3.63, 3.8) is 0 Å². The largest absolute Gasteiger partial charge is 0.322 e. The molecule has 0 fully saturated rings. The first-order chi connectivity index (χ1) is 15.4. The van der Waals surface area contributed by atoms with Gasteiger partial charge in [0.05, 0.1) is 11.5 Å². The van der Waals surface area contributed by atoms with E-state index in [4.69, 9.17) is 23.2 Å². The summed E-state index contributed by atoms with van der Waals surface area (Å²) in [7, 11) is 0. The average molecular weight is 486 g/mol. The number of hydrogen-bond donors (Lipinski definition) is 2. The fourth-order valence-electron chi connectivity index (χ4n) is 2.77. The van der Waals surface area contributed by atoms with Gasteiger partial charge in [0.25, 0.3) is 5.91 Å². The summed E-state index contributed by atoms with van der Waals surface area (Å²) >= 11 is 13.5. The molecule has 0 saturated heterocycles.